The van der Waals surface area contributed by atoms with Crippen LogP contribution in [0, 0.1) is 0 Å². The molecule has 0 radical (unpaired) electrons. The van der Waals surface area contributed by atoms with E-state index in [1.54, 1.807) is 12.1 Å². The summed E-state index contributed by atoms with van der Waals surface area (Å²) < 4.78 is 27.7. The van der Waals surface area contributed by atoms with Gasteiger partial charge in [-0.05, 0) is 65.4 Å². The maximum atomic E-state index is 12.6. The fraction of sp³-hybridized carbons (Fsp3) is 0.240. The van der Waals surface area contributed by atoms with Crippen molar-refractivity contribution in [2.75, 3.05) is 10.0 Å². The van der Waals surface area contributed by atoms with Crippen molar-refractivity contribution in [1.29, 1.82) is 0 Å². The standard InChI is InChI=1S/C25H26Cl2N2O3S/c1-25(2,3)18-7-4-17(5-8-18)6-13-24(30)28-21-9-11-23(12-10-21)33(31,32)29-22-15-19(26)14-20(27)16-22/h4-5,7-12,14-16,29H,6,13H2,1-3H3,(H,28,30). The molecule has 3 aromatic rings. The second-order valence-electron chi connectivity index (χ2n) is 8.78. The molecule has 3 rings (SSSR count). The first-order valence-corrected chi connectivity index (χ1v) is 12.6. The van der Waals surface area contributed by atoms with Gasteiger partial charge in [-0.2, -0.15) is 0 Å². The van der Waals surface area contributed by atoms with Gasteiger partial charge < -0.3 is 5.32 Å². The van der Waals surface area contributed by atoms with E-state index in [0.29, 0.717) is 28.6 Å². The molecule has 0 aromatic heterocycles. The van der Waals surface area contributed by atoms with Crippen LogP contribution in [0.3, 0.4) is 0 Å². The molecule has 0 aliphatic rings. The van der Waals surface area contributed by atoms with Crippen LogP contribution in [0.4, 0.5) is 11.4 Å². The lowest BCUT2D eigenvalue weighted by molar-refractivity contribution is -0.116. The first-order chi connectivity index (χ1) is 15.4. The minimum atomic E-state index is -3.83. The van der Waals surface area contributed by atoms with E-state index in [1.807, 2.05) is 12.1 Å². The summed E-state index contributed by atoms with van der Waals surface area (Å²) in [7, 11) is -3.83. The van der Waals surface area contributed by atoms with Gasteiger partial charge in [-0.25, -0.2) is 8.42 Å². The Hall–Kier alpha value is -2.54. The van der Waals surface area contributed by atoms with Gasteiger partial charge in [-0.3, -0.25) is 9.52 Å². The topological polar surface area (TPSA) is 75.3 Å². The molecular formula is C25H26Cl2N2O3S. The monoisotopic (exact) mass is 504 g/mol. The largest absolute Gasteiger partial charge is 0.326 e. The van der Waals surface area contributed by atoms with Gasteiger partial charge >= 0.3 is 0 Å². The summed E-state index contributed by atoms with van der Waals surface area (Å²) >= 11 is 11.8. The number of rotatable bonds is 7. The molecule has 174 valence electrons. The first-order valence-electron chi connectivity index (χ1n) is 10.4. The molecule has 0 spiro atoms. The number of amides is 1. The number of aryl methyl sites for hydroxylation is 1. The van der Waals surface area contributed by atoms with Gasteiger partial charge in [0.25, 0.3) is 10.0 Å². The lowest BCUT2D eigenvalue weighted by Crippen LogP contribution is -2.14. The quantitative estimate of drug-likeness (QED) is 0.377. The van der Waals surface area contributed by atoms with Crippen LogP contribution in [-0.2, 0) is 26.7 Å². The summed E-state index contributed by atoms with van der Waals surface area (Å²) in [6.45, 7) is 6.48. The highest BCUT2D eigenvalue weighted by Crippen LogP contribution is 2.25. The molecule has 0 saturated carbocycles. The van der Waals surface area contributed by atoms with Crippen LogP contribution in [0.25, 0.3) is 0 Å². The molecule has 0 saturated heterocycles. The lowest BCUT2D eigenvalue weighted by atomic mass is 9.86. The van der Waals surface area contributed by atoms with E-state index >= 15 is 0 Å². The van der Waals surface area contributed by atoms with E-state index < -0.39 is 10.0 Å². The van der Waals surface area contributed by atoms with Crippen molar-refractivity contribution in [3.63, 3.8) is 0 Å². The van der Waals surface area contributed by atoms with Gasteiger partial charge in [-0.1, -0.05) is 68.2 Å². The Balaban J connectivity index is 1.57. The molecule has 0 atom stereocenters. The van der Waals surface area contributed by atoms with Crippen LogP contribution < -0.4 is 10.0 Å². The van der Waals surface area contributed by atoms with Gasteiger partial charge in [-0.15, -0.1) is 0 Å². The Morgan fingerprint density at radius 3 is 1.97 bits per heavy atom. The summed E-state index contributed by atoms with van der Waals surface area (Å²) in [5.41, 5.74) is 3.21. The van der Waals surface area contributed by atoms with Crippen molar-refractivity contribution in [1.82, 2.24) is 0 Å². The second kappa shape index (κ2) is 10.2. The smallest absolute Gasteiger partial charge is 0.261 e. The third-order valence-corrected chi connectivity index (χ3v) is 6.86. The molecule has 1 amide bonds. The number of benzene rings is 3. The van der Waals surface area contributed by atoms with Gasteiger partial charge in [0.05, 0.1) is 10.6 Å². The Labute approximate surface area is 205 Å². The number of hydrogen-bond donors (Lipinski definition) is 2. The number of halogens is 2. The zero-order chi connectivity index (χ0) is 24.2. The van der Waals surface area contributed by atoms with E-state index in [4.69, 9.17) is 23.2 Å². The fourth-order valence-electron chi connectivity index (χ4n) is 3.20. The van der Waals surface area contributed by atoms with Crippen LogP contribution in [0.2, 0.25) is 10.0 Å². The van der Waals surface area contributed by atoms with Crippen LogP contribution in [-0.4, -0.2) is 14.3 Å². The highest BCUT2D eigenvalue weighted by Gasteiger charge is 2.16. The SMILES string of the molecule is CC(C)(C)c1ccc(CCC(=O)Nc2ccc(S(=O)(=O)Nc3cc(Cl)cc(Cl)c3)cc2)cc1. The summed E-state index contributed by atoms with van der Waals surface area (Å²) in [5.74, 6) is -0.141. The third-order valence-electron chi connectivity index (χ3n) is 5.02. The third kappa shape index (κ3) is 7.22. The summed E-state index contributed by atoms with van der Waals surface area (Å²) in [4.78, 5) is 12.4. The van der Waals surface area contributed by atoms with Crippen molar-refractivity contribution >= 4 is 50.5 Å². The van der Waals surface area contributed by atoms with E-state index in [0.717, 1.165) is 5.56 Å². The van der Waals surface area contributed by atoms with Crippen molar-refractivity contribution in [3.05, 3.63) is 87.9 Å². The van der Waals surface area contributed by atoms with E-state index in [2.05, 4.69) is 42.9 Å². The highest BCUT2D eigenvalue weighted by molar-refractivity contribution is 7.92. The molecule has 0 fully saturated rings. The number of sulfonamides is 1. The number of anilines is 2. The van der Waals surface area contributed by atoms with Crippen LogP contribution in [0.5, 0.6) is 0 Å². The van der Waals surface area contributed by atoms with Crippen molar-refractivity contribution in [3.8, 4) is 0 Å². The van der Waals surface area contributed by atoms with E-state index in [1.165, 1.54) is 35.9 Å². The summed E-state index contributed by atoms with van der Waals surface area (Å²) in [6, 6.07) is 18.7. The molecule has 0 aliphatic heterocycles. The maximum Gasteiger partial charge on any atom is 0.261 e. The van der Waals surface area contributed by atoms with Gasteiger partial charge in [0, 0.05) is 22.2 Å². The molecule has 0 bridgehead atoms. The number of hydrogen-bond acceptors (Lipinski definition) is 3. The Kier molecular flexibility index (Phi) is 7.73. The fourth-order valence-corrected chi connectivity index (χ4v) is 4.76. The Morgan fingerprint density at radius 2 is 1.42 bits per heavy atom. The predicted octanol–water partition coefficient (Wildman–Crippen LogP) is 6.66. The zero-order valence-electron chi connectivity index (χ0n) is 18.7. The molecule has 2 N–H and O–H groups in total. The average Bonchev–Trinajstić information content (AvgIpc) is 2.71. The molecule has 3 aromatic carbocycles. The van der Waals surface area contributed by atoms with Crippen LogP contribution in [0.1, 0.15) is 38.3 Å². The van der Waals surface area contributed by atoms with E-state index in [-0.39, 0.29) is 21.9 Å². The molecule has 0 unspecified atom stereocenters. The van der Waals surface area contributed by atoms with Crippen molar-refractivity contribution in [2.24, 2.45) is 0 Å². The highest BCUT2D eigenvalue weighted by atomic mass is 35.5. The number of nitrogens with one attached hydrogen (secondary N) is 2. The van der Waals surface area contributed by atoms with Crippen molar-refractivity contribution in [2.45, 2.75) is 43.9 Å². The van der Waals surface area contributed by atoms with Gasteiger partial charge in [0.15, 0.2) is 0 Å². The van der Waals surface area contributed by atoms with Gasteiger partial charge in [0.1, 0.15) is 0 Å². The molecule has 33 heavy (non-hydrogen) atoms. The van der Waals surface area contributed by atoms with Crippen LogP contribution in [0.15, 0.2) is 71.6 Å². The Bertz CT molecular complexity index is 1210. The molecule has 8 heteroatoms. The minimum Gasteiger partial charge on any atom is -0.326 e. The minimum absolute atomic E-state index is 0.0514. The second-order valence-corrected chi connectivity index (χ2v) is 11.3. The van der Waals surface area contributed by atoms with E-state index in [9.17, 15) is 13.2 Å². The van der Waals surface area contributed by atoms with Gasteiger partial charge in [0.2, 0.25) is 5.91 Å². The normalized spacial score (nSPS) is 11.8. The van der Waals surface area contributed by atoms with Crippen molar-refractivity contribution < 1.29 is 13.2 Å². The maximum absolute atomic E-state index is 12.6. The summed E-state index contributed by atoms with van der Waals surface area (Å²) in [6.07, 6.45) is 0.945. The molecular weight excluding hydrogens is 479 g/mol. The molecule has 5 nitrogen and oxygen atoms in total. The Morgan fingerprint density at radius 1 is 0.848 bits per heavy atom. The lowest BCUT2D eigenvalue weighted by Gasteiger charge is -2.19. The first kappa shape index (κ1) is 25.1. The molecule has 0 aliphatic carbocycles. The molecule has 0 heterocycles. The van der Waals surface area contributed by atoms with Crippen LogP contribution >= 0.6 is 23.2 Å². The predicted molar refractivity (Wildman–Crippen MR) is 136 cm³/mol. The zero-order valence-corrected chi connectivity index (χ0v) is 21.0. The number of carbonyl (C=O) groups excluding carboxylic acids is 1. The summed E-state index contributed by atoms with van der Waals surface area (Å²) in [5, 5.41) is 3.45. The number of carbonyl (C=O) groups is 1. The average molecular weight is 505 g/mol.